The van der Waals surface area contributed by atoms with Crippen molar-refractivity contribution in [2.75, 3.05) is 6.54 Å². The van der Waals surface area contributed by atoms with Crippen LogP contribution in [0.4, 0.5) is 4.39 Å². The Bertz CT molecular complexity index is 1190. The number of likely N-dealkylation sites (tertiary alicyclic amines) is 1. The maximum atomic E-state index is 13.6. The van der Waals surface area contributed by atoms with E-state index in [2.05, 4.69) is 12.2 Å². The van der Waals surface area contributed by atoms with Crippen molar-refractivity contribution in [3.63, 3.8) is 0 Å². The molecule has 1 saturated carbocycles. The zero-order chi connectivity index (χ0) is 27.9. The summed E-state index contributed by atoms with van der Waals surface area (Å²) in [5.41, 5.74) is 8.37. The molecular weight excluding hydrogens is 517 g/mol. The molecule has 2 fully saturated rings. The van der Waals surface area contributed by atoms with Crippen LogP contribution < -0.4 is 11.1 Å². The summed E-state index contributed by atoms with van der Waals surface area (Å²) in [6.45, 7) is 3.06. The standard InChI is InChI=1S/C31H39ClFN3O3/c1-2-3-9-24(29(34)37)25(17-20-11-12-20)30(38)35-28-10-4-5-15-36(31(28)39)19-21-7-6-8-22(16-21)23-13-14-27(33)26(32)18-23/h6-8,13-14,16,18,20,24-25,28H,2-5,9-12,15,17,19H2,1H3,(H2,34,37)(H,35,38)/t24?,25?,28-/m0/s1. The van der Waals surface area contributed by atoms with Crippen LogP contribution in [-0.2, 0) is 20.9 Å². The van der Waals surface area contributed by atoms with Crippen LogP contribution in [0.3, 0.4) is 0 Å². The molecule has 0 aromatic heterocycles. The van der Waals surface area contributed by atoms with Crippen LogP contribution in [0.1, 0.15) is 70.3 Å². The fourth-order valence-electron chi connectivity index (χ4n) is 5.55. The van der Waals surface area contributed by atoms with Gasteiger partial charge < -0.3 is 16.0 Å². The Morgan fingerprint density at radius 2 is 1.87 bits per heavy atom. The molecule has 1 saturated heterocycles. The van der Waals surface area contributed by atoms with Gasteiger partial charge in [0.15, 0.2) is 0 Å². The molecule has 3 atom stereocenters. The third kappa shape index (κ3) is 7.81. The molecule has 3 N–H and O–H groups in total. The molecule has 8 heteroatoms. The molecular formula is C31H39ClFN3O3. The first-order chi connectivity index (χ1) is 18.8. The molecule has 6 nitrogen and oxygen atoms in total. The van der Waals surface area contributed by atoms with Gasteiger partial charge >= 0.3 is 0 Å². The maximum absolute atomic E-state index is 13.6. The van der Waals surface area contributed by atoms with Gasteiger partial charge in [-0.25, -0.2) is 4.39 Å². The molecule has 1 aliphatic carbocycles. The van der Waals surface area contributed by atoms with Crippen molar-refractivity contribution in [2.45, 2.75) is 77.3 Å². The number of benzene rings is 2. The maximum Gasteiger partial charge on any atom is 0.245 e. The zero-order valence-electron chi connectivity index (χ0n) is 22.6. The van der Waals surface area contributed by atoms with Gasteiger partial charge in [-0.3, -0.25) is 14.4 Å². The van der Waals surface area contributed by atoms with E-state index in [0.717, 1.165) is 55.2 Å². The molecule has 0 radical (unpaired) electrons. The number of hydrogen-bond acceptors (Lipinski definition) is 3. The summed E-state index contributed by atoms with van der Waals surface area (Å²) in [5.74, 6) is -1.78. The number of unbranched alkanes of at least 4 members (excludes halogenated alkanes) is 1. The summed E-state index contributed by atoms with van der Waals surface area (Å²) in [4.78, 5) is 41.3. The molecule has 0 spiro atoms. The highest BCUT2D eigenvalue weighted by molar-refractivity contribution is 6.31. The van der Waals surface area contributed by atoms with Gasteiger partial charge in [0.2, 0.25) is 17.7 Å². The Morgan fingerprint density at radius 3 is 2.56 bits per heavy atom. The van der Waals surface area contributed by atoms with Crippen molar-refractivity contribution >= 4 is 29.3 Å². The zero-order valence-corrected chi connectivity index (χ0v) is 23.4. The highest BCUT2D eigenvalue weighted by atomic mass is 35.5. The lowest BCUT2D eigenvalue weighted by Gasteiger charge is -2.28. The molecule has 1 heterocycles. The van der Waals surface area contributed by atoms with E-state index in [9.17, 15) is 18.8 Å². The van der Waals surface area contributed by atoms with Crippen molar-refractivity contribution in [2.24, 2.45) is 23.5 Å². The van der Waals surface area contributed by atoms with Crippen molar-refractivity contribution < 1.29 is 18.8 Å². The Labute approximate surface area is 235 Å². The molecule has 2 aliphatic rings. The number of nitrogens with one attached hydrogen (secondary N) is 1. The second kappa shape index (κ2) is 13.4. The van der Waals surface area contributed by atoms with Crippen molar-refractivity contribution in [3.8, 4) is 11.1 Å². The van der Waals surface area contributed by atoms with Crippen LogP contribution in [0.15, 0.2) is 42.5 Å². The van der Waals surface area contributed by atoms with Gasteiger partial charge in [-0.05, 0) is 72.9 Å². The highest BCUT2D eigenvalue weighted by Gasteiger charge is 2.39. The average Bonchev–Trinajstić information content (AvgIpc) is 3.75. The van der Waals surface area contributed by atoms with E-state index in [0.29, 0.717) is 38.3 Å². The van der Waals surface area contributed by atoms with E-state index in [1.54, 1.807) is 17.0 Å². The van der Waals surface area contributed by atoms with Crippen molar-refractivity contribution in [1.29, 1.82) is 0 Å². The number of amides is 3. The molecule has 0 bridgehead atoms. The van der Waals surface area contributed by atoms with E-state index in [4.69, 9.17) is 17.3 Å². The van der Waals surface area contributed by atoms with E-state index < -0.39 is 29.6 Å². The number of rotatable bonds is 12. The number of carbonyl (C=O) groups excluding carboxylic acids is 3. The summed E-state index contributed by atoms with van der Waals surface area (Å²) in [5, 5.41) is 3.09. The number of nitrogens with two attached hydrogens (primary N) is 1. The number of nitrogens with zero attached hydrogens (tertiary/aromatic N) is 1. The van der Waals surface area contributed by atoms with Crippen molar-refractivity contribution in [3.05, 3.63) is 58.9 Å². The molecule has 2 unspecified atom stereocenters. The van der Waals surface area contributed by atoms with Gasteiger partial charge in [-0.2, -0.15) is 0 Å². The summed E-state index contributed by atoms with van der Waals surface area (Å²) >= 11 is 5.98. The molecule has 2 aromatic rings. The number of halogens is 2. The minimum Gasteiger partial charge on any atom is -0.369 e. The molecule has 210 valence electrons. The number of hydrogen-bond donors (Lipinski definition) is 2. The lowest BCUT2D eigenvalue weighted by atomic mass is 9.82. The van der Waals surface area contributed by atoms with Crippen LogP contribution in [0.25, 0.3) is 11.1 Å². The van der Waals surface area contributed by atoms with Crippen molar-refractivity contribution in [1.82, 2.24) is 10.2 Å². The van der Waals surface area contributed by atoms with Gasteiger partial charge in [-0.15, -0.1) is 0 Å². The van der Waals surface area contributed by atoms with E-state index in [1.807, 2.05) is 24.3 Å². The number of primary amides is 1. The quantitative estimate of drug-likeness (QED) is 0.344. The Morgan fingerprint density at radius 1 is 1.10 bits per heavy atom. The third-order valence-electron chi connectivity index (χ3n) is 7.99. The second-order valence-corrected chi connectivity index (χ2v) is 11.5. The predicted molar refractivity (Wildman–Crippen MR) is 151 cm³/mol. The van der Waals surface area contributed by atoms with Gasteiger partial charge in [0.05, 0.1) is 5.02 Å². The smallest absolute Gasteiger partial charge is 0.245 e. The monoisotopic (exact) mass is 555 g/mol. The van der Waals surface area contributed by atoms with E-state index in [-0.39, 0.29) is 16.8 Å². The first-order valence-electron chi connectivity index (χ1n) is 14.2. The van der Waals surface area contributed by atoms with Crippen LogP contribution in [0, 0.1) is 23.6 Å². The van der Waals surface area contributed by atoms with Crippen LogP contribution in [0.2, 0.25) is 5.02 Å². The van der Waals surface area contributed by atoms with Gasteiger partial charge in [0.25, 0.3) is 0 Å². The Hall–Kier alpha value is -2.93. The largest absolute Gasteiger partial charge is 0.369 e. The molecule has 2 aromatic carbocycles. The Balaban J connectivity index is 1.47. The lowest BCUT2D eigenvalue weighted by molar-refractivity contribution is -0.139. The molecule has 4 rings (SSSR count). The van der Waals surface area contributed by atoms with Gasteiger partial charge in [0, 0.05) is 24.9 Å². The molecule has 3 amide bonds. The SMILES string of the molecule is CCCCC(C(N)=O)C(CC1CC1)C(=O)N[C@H]1CCCCN(Cc2cccc(-c3ccc(F)c(Cl)c3)c2)C1=O. The summed E-state index contributed by atoms with van der Waals surface area (Å²) < 4.78 is 13.6. The number of carbonyl (C=O) groups is 3. The second-order valence-electron chi connectivity index (χ2n) is 11.1. The van der Waals surface area contributed by atoms with Gasteiger partial charge in [-0.1, -0.05) is 68.5 Å². The fourth-order valence-corrected chi connectivity index (χ4v) is 5.73. The van der Waals surface area contributed by atoms with E-state index in [1.165, 1.54) is 6.07 Å². The first kappa shape index (κ1) is 29.1. The summed E-state index contributed by atoms with van der Waals surface area (Å²) in [6, 6.07) is 11.8. The summed E-state index contributed by atoms with van der Waals surface area (Å²) in [7, 11) is 0. The lowest BCUT2D eigenvalue weighted by Crippen LogP contribution is -2.50. The van der Waals surface area contributed by atoms with Crippen LogP contribution in [0.5, 0.6) is 0 Å². The Kier molecular flexibility index (Phi) is 10.0. The average molecular weight is 556 g/mol. The minimum absolute atomic E-state index is 0.0624. The predicted octanol–water partition coefficient (Wildman–Crippen LogP) is 5.85. The van der Waals surface area contributed by atoms with Gasteiger partial charge in [0.1, 0.15) is 11.9 Å². The molecule has 39 heavy (non-hydrogen) atoms. The minimum atomic E-state index is -0.625. The van der Waals surface area contributed by atoms with Crippen LogP contribution >= 0.6 is 11.6 Å². The topological polar surface area (TPSA) is 92.5 Å². The normalized spacial score (nSPS) is 19.3. The summed E-state index contributed by atoms with van der Waals surface area (Å²) in [6.07, 6.45) is 7.38. The van der Waals surface area contributed by atoms with Crippen LogP contribution in [-0.4, -0.2) is 35.2 Å². The fraction of sp³-hybridized carbons (Fsp3) is 0.516. The van der Waals surface area contributed by atoms with E-state index >= 15 is 0 Å². The first-order valence-corrected chi connectivity index (χ1v) is 14.6. The third-order valence-corrected chi connectivity index (χ3v) is 8.28. The molecule has 1 aliphatic heterocycles. The highest BCUT2D eigenvalue weighted by Crippen LogP contribution is 2.38.